The molecule has 3 aromatic rings. The van der Waals surface area contributed by atoms with Crippen LogP contribution in [-0.4, -0.2) is 22.9 Å². The van der Waals surface area contributed by atoms with Gasteiger partial charge >= 0.3 is 0 Å². The first-order chi connectivity index (χ1) is 12.5. The van der Waals surface area contributed by atoms with Gasteiger partial charge in [0.25, 0.3) is 5.91 Å². The smallest absolute Gasteiger partial charge is 0.268 e. The van der Waals surface area contributed by atoms with Crippen LogP contribution in [0.25, 0.3) is 10.9 Å². The Balaban J connectivity index is 1.68. The SMILES string of the molecule is CCn1c(C(=O)NCC(=O)Nc2ccc(Br)cc2C)cc2ccccc21. The number of anilines is 1. The molecule has 0 fully saturated rings. The number of fused-ring (bicyclic) bond motifs is 1. The van der Waals surface area contributed by atoms with Gasteiger partial charge in [0.15, 0.2) is 0 Å². The standard InChI is InChI=1S/C20H20BrN3O2/c1-3-24-17-7-5-4-6-14(17)11-18(24)20(26)22-12-19(25)23-16-9-8-15(21)10-13(16)2/h4-11H,3,12H2,1-2H3,(H,22,26)(H,23,25). The van der Waals surface area contributed by atoms with E-state index in [1.54, 1.807) is 0 Å². The second-order valence-corrected chi connectivity index (χ2v) is 6.94. The molecule has 2 amide bonds. The number of aromatic nitrogens is 1. The molecule has 1 heterocycles. The van der Waals surface area contributed by atoms with Gasteiger partial charge in [-0.2, -0.15) is 0 Å². The predicted molar refractivity (Wildman–Crippen MR) is 107 cm³/mol. The number of aryl methyl sites for hydroxylation is 2. The van der Waals surface area contributed by atoms with E-state index >= 15 is 0 Å². The van der Waals surface area contributed by atoms with E-state index in [-0.39, 0.29) is 18.4 Å². The maximum atomic E-state index is 12.5. The molecule has 2 aromatic carbocycles. The molecule has 1 aromatic heterocycles. The van der Waals surface area contributed by atoms with E-state index in [0.29, 0.717) is 12.2 Å². The monoisotopic (exact) mass is 413 g/mol. The van der Waals surface area contributed by atoms with E-state index in [1.165, 1.54) is 0 Å². The molecule has 0 atom stereocenters. The third-order valence-corrected chi connectivity index (χ3v) is 4.72. The number of hydrogen-bond donors (Lipinski definition) is 2. The van der Waals surface area contributed by atoms with Crippen LogP contribution in [0.4, 0.5) is 5.69 Å². The fraction of sp³-hybridized carbons (Fsp3) is 0.200. The molecular weight excluding hydrogens is 394 g/mol. The van der Waals surface area contributed by atoms with Crippen molar-refractivity contribution in [3.8, 4) is 0 Å². The average molecular weight is 414 g/mol. The van der Waals surface area contributed by atoms with Gasteiger partial charge in [0.2, 0.25) is 5.91 Å². The van der Waals surface area contributed by atoms with Crippen LogP contribution in [-0.2, 0) is 11.3 Å². The van der Waals surface area contributed by atoms with Crippen LogP contribution in [0.3, 0.4) is 0 Å². The van der Waals surface area contributed by atoms with Crippen molar-refractivity contribution in [2.24, 2.45) is 0 Å². The lowest BCUT2D eigenvalue weighted by molar-refractivity contribution is -0.115. The molecule has 0 unspecified atom stereocenters. The van der Waals surface area contributed by atoms with Crippen molar-refractivity contribution in [3.05, 3.63) is 64.3 Å². The lowest BCUT2D eigenvalue weighted by atomic mass is 10.2. The van der Waals surface area contributed by atoms with Gasteiger partial charge in [0, 0.05) is 27.6 Å². The van der Waals surface area contributed by atoms with Gasteiger partial charge in [0.1, 0.15) is 5.69 Å². The number of nitrogens with zero attached hydrogens (tertiary/aromatic N) is 1. The molecule has 0 aliphatic rings. The number of hydrogen-bond acceptors (Lipinski definition) is 2. The number of amides is 2. The average Bonchev–Trinajstić information content (AvgIpc) is 3.00. The number of carbonyl (C=O) groups is 2. The number of para-hydroxylation sites is 1. The van der Waals surface area contributed by atoms with Gasteiger partial charge in [0.05, 0.1) is 6.54 Å². The molecule has 6 heteroatoms. The molecule has 0 aliphatic carbocycles. The number of halogens is 1. The van der Waals surface area contributed by atoms with Crippen LogP contribution in [0.1, 0.15) is 23.0 Å². The molecule has 2 N–H and O–H groups in total. The van der Waals surface area contributed by atoms with E-state index in [9.17, 15) is 9.59 Å². The van der Waals surface area contributed by atoms with Crippen molar-refractivity contribution in [2.45, 2.75) is 20.4 Å². The fourth-order valence-corrected chi connectivity index (χ4v) is 3.43. The highest BCUT2D eigenvalue weighted by Crippen LogP contribution is 2.21. The molecule has 5 nitrogen and oxygen atoms in total. The van der Waals surface area contributed by atoms with Crippen LogP contribution < -0.4 is 10.6 Å². The molecule has 0 bridgehead atoms. The third kappa shape index (κ3) is 3.80. The van der Waals surface area contributed by atoms with Crippen LogP contribution in [0.15, 0.2) is 53.0 Å². The minimum absolute atomic E-state index is 0.0838. The first kappa shape index (κ1) is 18.2. The summed E-state index contributed by atoms with van der Waals surface area (Å²) in [5, 5.41) is 6.53. The van der Waals surface area contributed by atoms with E-state index in [1.807, 2.05) is 66.9 Å². The van der Waals surface area contributed by atoms with Crippen molar-refractivity contribution < 1.29 is 9.59 Å². The summed E-state index contributed by atoms with van der Waals surface area (Å²) in [5.74, 6) is -0.520. The van der Waals surface area contributed by atoms with Crippen LogP contribution in [0, 0.1) is 6.92 Å². The van der Waals surface area contributed by atoms with Gasteiger partial charge in [-0.15, -0.1) is 0 Å². The second-order valence-electron chi connectivity index (χ2n) is 6.02. The quantitative estimate of drug-likeness (QED) is 0.661. The van der Waals surface area contributed by atoms with E-state index in [0.717, 1.165) is 26.6 Å². The topological polar surface area (TPSA) is 63.1 Å². The highest BCUT2D eigenvalue weighted by Gasteiger charge is 2.15. The molecule has 0 radical (unpaired) electrons. The normalized spacial score (nSPS) is 10.7. The number of nitrogens with one attached hydrogen (secondary N) is 2. The first-order valence-corrected chi connectivity index (χ1v) is 9.21. The van der Waals surface area contributed by atoms with E-state index in [4.69, 9.17) is 0 Å². The Bertz CT molecular complexity index is 978. The molecule has 134 valence electrons. The molecule has 26 heavy (non-hydrogen) atoms. The minimum atomic E-state index is -0.261. The van der Waals surface area contributed by atoms with Crippen LogP contribution >= 0.6 is 15.9 Å². The molecular formula is C20H20BrN3O2. The van der Waals surface area contributed by atoms with Gasteiger partial charge < -0.3 is 15.2 Å². The molecule has 0 spiro atoms. The van der Waals surface area contributed by atoms with Crippen LogP contribution in [0.2, 0.25) is 0 Å². The second kappa shape index (κ2) is 7.74. The number of benzene rings is 2. The maximum Gasteiger partial charge on any atom is 0.268 e. The highest BCUT2D eigenvalue weighted by atomic mass is 79.9. The molecule has 0 saturated carbocycles. The van der Waals surface area contributed by atoms with Crippen molar-refractivity contribution in [1.29, 1.82) is 0 Å². The zero-order chi connectivity index (χ0) is 18.7. The molecule has 3 rings (SSSR count). The Morgan fingerprint density at radius 2 is 1.88 bits per heavy atom. The van der Waals surface area contributed by atoms with Crippen molar-refractivity contribution in [1.82, 2.24) is 9.88 Å². The zero-order valence-corrected chi connectivity index (χ0v) is 16.3. The summed E-state index contributed by atoms with van der Waals surface area (Å²) in [6, 6.07) is 15.3. The Hall–Kier alpha value is -2.60. The van der Waals surface area contributed by atoms with Crippen molar-refractivity contribution in [3.63, 3.8) is 0 Å². The summed E-state index contributed by atoms with van der Waals surface area (Å²) in [7, 11) is 0. The highest BCUT2D eigenvalue weighted by molar-refractivity contribution is 9.10. The Morgan fingerprint density at radius 1 is 1.12 bits per heavy atom. The maximum absolute atomic E-state index is 12.5. The van der Waals surface area contributed by atoms with E-state index < -0.39 is 0 Å². The summed E-state index contributed by atoms with van der Waals surface area (Å²) >= 11 is 3.39. The van der Waals surface area contributed by atoms with Gasteiger partial charge in [-0.05, 0) is 49.7 Å². The summed E-state index contributed by atoms with van der Waals surface area (Å²) < 4.78 is 2.90. The molecule has 0 saturated heterocycles. The number of carbonyl (C=O) groups excluding carboxylic acids is 2. The van der Waals surface area contributed by atoms with Crippen LogP contribution in [0.5, 0.6) is 0 Å². The lowest BCUT2D eigenvalue weighted by Gasteiger charge is -2.11. The lowest BCUT2D eigenvalue weighted by Crippen LogP contribution is -2.34. The third-order valence-electron chi connectivity index (χ3n) is 4.23. The Labute approximate surface area is 160 Å². The Morgan fingerprint density at radius 3 is 2.62 bits per heavy atom. The van der Waals surface area contributed by atoms with Crippen molar-refractivity contribution in [2.75, 3.05) is 11.9 Å². The largest absolute Gasteiger partial charge is 0.342 e. The summed E-state index contributed by atoms with van der Waals surface area (Å²) in [6.07, 6.45) is 0. The van der Waals surface area contributed by atoms with Crippen molar-refractivity contribution >= 4 is 44.3 Å². The Kier molecular flexibility index (Phi) is 5.42. The fourth-order valence-electron chi connectivity index (χ4n) is 2.95. The molecule has 0 aliphatic heterocycles. The summed E-state index contributed by atoms with van der Waals surface area (Å²) in [6.45, 7) is 4.50. The van der Waals surface area contributed by atoms with E-state index in [2.05, 4.69) is 26.6 Å². The summed E-state index contributed by atoms with van der Waals surface area (Å²) in [4.78, 5) is 24.7. The van der Waals surface area contributed by atoms with Gasteiger partial charge in [-0.1, -0.05) is 34.1 Å². The predicted octanol–water partition coefficient (Wildman–Crippen LogP) is 4.10. The number of rotatable bonds is 5. The first-order valence-electron chi connectivity index (χ1n) is 8.42. The van der Waals surface area contributed by atoms with Gasteiger partial charge in [-0.25, -0.2) is 0 Å². The van der Waals surface area contributed by atoms with Gasteiger partial charge in [-0.3, -0.25) is 9.59 Å². The summed E-state index contributed by atoms with van der Waals surface area (Å²) in [5.41, 5.74) is 3.25. The minimum Gasteiger partial charge on any atom is -0.342 e. The zero-order valence-electron chi connectivity index (χ0n) is 14.7.